The third-order valence-electron chi connectivity index (χ3n) is 3.33. The fourth-order valence-corrected chi connectivity index (χ4v) is 2.31. The van der Waals surface area contributed by atoms with Gasteiger partial charge in [0.25, 0.3) is 0 Å². The Kier molecular flexibility index (Phi) is 5.12. The van der Waals surface area contributed by atoms with Gasteiger partial charge in [-0.3, -0.25) is 0 Å². The molecule has 108 valence electrons. The molecular formula is C15H23N5. The van der Waals surface area contributed by atoms with Crippen molar-refractivity contribution in [2.45, 2.75) is 20.3 Å². The van der Waals surface area contributed by atoms with Crippen LogP contribution in [0.1, 0.15) is 20.3 Å². The minimum atomic E-state index is 0.312. The molecule has 0 amide bonds. The molecular weight excluding hydrogens is 250 g/mol. The van der Waals surface area contributed by atoms with Gasteiger partial charge in [0.05, 0.1) is 5.52 Å². The van der Waals surface area contributed by atoms with Crippen LogP contribution < -0.4 is 11.1 Å². The van der Waals surface area contributed by atoms with E-state index in [4.69, 9.17) is 5.73 Å². The number of para-hydroxylation sites is 1. The Morgan fingerprint density at radius 3 is 2.70 bits per heavy atom. The van der Waals surface area contributed by atoms with Crippen LogP contribution in [-0.4, -0.2) is 41.0 Å². The largest absolute Gasteiger partial charge is 0.368 e. The third kappa shape index (κ3) is 3.57. The Hall–Kier alpha value is -1.88. The molecule has 0 aliphatic heterocycles. The van der Waals surface area contributed by atoms with E-state index in [2.05, 4.69) is 34.0 Å². The third-order valence-corrected chi connectivity index (χ3v) is 3.33. The maximum absolute atomic E-state index is 5.76. The lowest BCUT2D eigenvalue weighted by Gasteiger charge is -2.20. The van der Waals surface area contributed by atoms with Crippen LogP contribution in [0.5, 0.6) is 0 Å². The normalized spacial score (nSPS) is 11.2. The van der Waals surface area contributed by atoms with Gasteiger partial charge in [-0.05, 0) is 31.6 Å². The van der Waals surface area contributed by atoms with Gasteiger partial charge in [-0.2, -0.15) is 4.98 Å². The molecule has 1 aromatic carbocycles. The molecule has 0 bridgehead atoms. The van der Waals surface area contributed by atoms with E-state index in [0.29, 0.717) is 5.95 Å². The zero-order chi connectivity index (χ0) is 14.4. The number of hydrogen-bond donors (Lipinski definition) is 2. The van der Waals surface area contributed by atoms with Crippen molar-refractivity contribution in [2.75, 3.05) is 37.2 Å². The lowest BCUT2D eigenvalue weighted by molar-refractivity contribution is 0.300. The molecule has 5 nitrogen and oxygen atoms in total. The number of nitrogens with zero attached hydrogens (tertiary/aromatic N) is 3. The second kappa shape index (κ2) is 7.05. The van der Waals surface area contributed by atoms with Crippen LogP contribution in [0, 0.1) is 0 Å². The number of rotatable bonds is 7. The average Bonchev–Trinajstić information content (AvgIpc) is 2.46. The summed E-state index contributed by atoms with van der Waals surface area (Å²) in [5.41, 5.74) is 6.64. The summed E-state index contributed by atoms with van der Waals surface area (Å²) in [6.07, 6.45) is 1.18. The number of fused-ring (bicyclic) bond motifs is 1. The first-order chi connectivity index (χ1) is 9.74. The van der Waals surface area contributed by atoms with Crippen molar-refractivity contribution in [3.8, 4) is 0 Å². The van der Waals surface area contributed by atoms with Gasteiger partial charge in [0.15, 0.2) is 0 Å². The molecule has 0 unspecified atom stereocenters. The van der Waals surface area contributed by atoms with Gasteiger partial charge in [0, 0.05) is 18.5 Å². The van der Waals surface area contributed by atoms with Gasteiger partial charge >= 0.3 is 0 Å². The van der Waals surface area contributed by atoms with Gasteiger partial charge in [0.2, 0.25) is 5.95 Å². The molecule has 5 heteroatoms. The van der Waals surface area contributed by atoms with E-state index in [9.17, 15) is 0 Å². The van der Waals surface area contributed by atoms with Crippen LogP contribution in [0.3, 0.4) is 0 Å². The van der Waals surface area contributed by atoms with Crippen molar-refractivity contribution in [3.05, 3.63) is 24.3 Å². The molecule has 0 spiro atoms. The molecule has 0 aliphatic carbocycles. The number of anilines is 2. The number of nitrogens with two attached hydrogens (primary N) is 1. The highest BCUT2D eigenvalue weighted by Gasteiger charge is 2.06. The highest BCUT2D eigenvalue weighted by atomic mass is 15.1. The SMILES string of the molecule is CCCN(CC)CCNc1nc(N)nc2ccccc12. The van der Waals surface area contributed by atoms with Gasteiger partial charge in [0.1, 0.15) is 5.82 Å². The summed E-state index contributed by atoms with van der Waals surface area (Å²) in [7, 11) is 0. The second-order valence-corrected chi connectivity index (χ2v) is 4.81. The Bertz CT molecular complexity index is 555. The van der Waals surface area contributed by atoms with E-state index < -0.39 is 0 Å². The summed E-state index contributed by atoms with van der Waals surface area (Å²) in [5.74, 6) is 1.13. The number of hydrogen-bond acceptors (Lipinski definition) is 5. The van der Waals surface area contributed by atoms with Crippen molar-refractivity contribution in [1.82, 2.24) is 14.9 Å². The van der Waals surface area contributed by atoms with E-state index in [1.807, 2.05) is 24.3 Å². The fourth-order valence-electron chi connectivity index (χ4n) is 2.31. The molecule has 0 saturated carbocycles. The number of likely N-dealkylation sites (N-methyl/N-ethyl adjacent to an activating group) is 1. The minimum Gasteiger partial charge on any atom is -0.368 e. The Morgan fingerprint density at radius 1 is 1.15 bits per heavy atom. The number of nitrogens with one attached hydrogen (secondary N) is 1. The minimum absolute atomic E-state index is 0.312. The molecule has 3 N–H and O–H groups in total. The van der Waals surface area contributed by atoms with E-state index in [0.717, 1.165) is 42.9 Å². The summed E-state index contributed by atoms with van der Waals surface area (Å²) in [6, 6.07) is 7.91. The highest BCUT2D eigenvalue weighted by Crippen LogP contribution is 2.20. The van der Waals surface area contributed by atoms with Crippen molar-refractivity contribution < 1.29 is 0 Å². The van der Waals surface area contributed by atoms with Gasteiger partial charge in [-0.15, -0.1) is 0 Å². The molecule has 1 heterocycles. The Labute approximate surface area is 120 Å². The molecule has 0 saturated heterocycles. The molecule has 2 aromatic rings. The van der Waals surface area contributed by atoms with E-state index in [1.165, 1.54) is 6.42 Å². The van der Waals surface area contributed by atoms with Crippen molar-refractivity contribution in [1.29, 1.82) is 0 Å². The van der Waals surface area contributed by atoms with Crippen LogP contribution in [0.2, 0.25) is 0 Å². The van der Waals surface area contributed by atoms with E-state index in [-0.39, 0.29) is 0 Å². The topological polar surface area (TPSA) is 67.1 Å². The van der Waals surface area contributed by atoms with Crippen molar-refractivity contribution in [2.24, 2.45) is 0 Å². The summed E-state index contributed by atoms with van der Waals surface area (Å²) in [4.78, 5) is 11.0. The van der Waals surface area contributed by atoms with Crippen LogP contribution >= 0.6 is 0 Å². The summed E-state index contributed by atoms with van der Waals surface area (Å²) >= 11 is 0. The first-order valence-electron chi connectivity index (χ1n) is 7.23. The van der Waals surface area contributed by atoms with Crippen molar-refractivity contribution >= 4 is 22.7 Å². The van der Waals surface area contributed by atoms with E-state index in [1.54, 1.807) is 0 Å². The quantitative estimate of drug-likeness (QED) is 0.810. The first kappa shape index (κ1) is 14.5. The maximum atomic E-state index is 5.76. The second-order valence-electron chi connectivity index (χ2n) is 4.81. The molecule has 2 rings (SSSR count). The predicted molar refractivity (Wildman–Crippen MR) is 84.8 cm³/mol. The monoisotopic (exact) mass is 273 g/mol. The lowest BCUT2D eigenvalue weighted by Crippen LogP contribution is -2.29. The van der Waals surface area contributed by atoms with Gasteiger partial charge in [-0.1, -0.05) is 26.0 Å². The summed E-state index contributed by atoms with van der Waals surface area (Å²) in [5, 5.41) is 4.39. The van der Waals surface area contributed by atoms with Gasteiger partial charge < -0.3 is 16.0 Å². The van der Waals surface area contributed by atoms with Gasteiger partial charge in [-0.25, -0.2) is 4.98 Å². The summed E-state index contributed by atoms with van der Waals surface area (Å²) < 4.78 is 0. The molecule has 0 atom stereocenters. The van der Waals surface area contributed by atoms with Crippen LogP contribution in [0.15, 0.2) is 24.3 Å². The Morgan fingerprint density at radius 2 is 1.95 bits per heavy atom. The standard InChI is InChI=1S/C15H23N5/c1-3-10-20(4-2)11-9-17-14-12-7-5-6-8-13(12)18-15(16)19-14/h5-8H,3-4,9-11H2,1-2H3,(H3,16,17,18,19). The van der Waals surface area contributed by atoms with Crippen LogP contribution in [0.25, 0.3) is 10.9 Å². The number of aromatic nitrogens is 2. The summed E-state index contributed by atoms with van der Waals surface area (Å²) in [6.45, 7) is 8.45. The zero-order valence-electron chi connectivity index (χ0n) is 12.3. The van der Waals surface area contributed by atoms with Crippen LogP contribution in [-0.2, 0) is 0 Å². The molecule has 0 aliphatic rings. The van der Waals surface area contributed by atoms with Crippen LogP contribution in [0.4, 0.5) is 11.8 Å². The zero-order valence-corrected chi connectivity index (χ0v) is 12.3. The number of nitrogen functional groups attached to an aromatic ring is 1. The molecule has 0 radical (unpaired) electrons. The Balaban J connectivity index is 2.06. The maximum Gasteiger partial charge on any atom is 0.222 e. The average molecular weight is 273 g/mol. The fraction of sp³-hybridized carbons (Fsp3) is 0.467. The molecule has 1 aromatic heterocycles. The highest BCUT2D eigenvalue weighted by molar-refractivity contribution is 5.89. The number of benzene rings is 1. The molecule has 20 heavy (non-hydrogen) atoms. The van der Waals surface area contributed by atoms with E-state index >= 15 is 0 Å². The van der Waals surface area contributed by atoms with Crippen molar-refractivity contribution in [3.63, 3.8) is 0 Å². The lowest BCUT2D eigenvalue weighted by atomic mass is 10.2. The predicted octanol–water partition coefficient (Wildman–Crippen LogP) is 2.36. The first-order valence-corrected chi connectivity index (χ1v) is 7.23. The molecule has 0 fully saturated rings. The smallest absolute Gasteiger partial charge is 0.222 e.